The maximum absolute atomic E-state index is 13.0. The van der Waals surface area contributed by atoms with Gasteiger partial charge in [0.2, 0.25) is 5.91 Å². The first-order valence-corrected chi connectivity index (χ1v) is 12.9. The van der Waals surface area contributed by atoms with Gasteiger partial charge >= 0.3 is 0 Å². The van der Waals surface area contributed by atoms with E-state index in [2.05, 4.69) is 44.7 Å². The van der Waals surface area contributed by atoms with Gasteiger partial charge in [0, 0.05) is 68.6 Å². The molecule has 0 N–H and O–H groups in total. The SMILES string of the molecule is O=C(C1CCOCC1)N1CCN(Cc2c(-c3ccc(Cl)cc3)nc3ccc(C4CC4)cn23)CC1. The molecule has 3 fully saturated rings. The number of amides is 1. The molecule has 2 aromatic heterocycles. The minimum atomic E-state index is 0.136. The number of carbonyl (C=O) groups is 1. The second kappa shape index (κ2) is 9.33. The molecular formula is C27H31ClN4O2. The molecule has 0 bridgehead atoms. The summed E-state index contributed by atoms with van der Waals surface area (Å²) in [6, 6.07) is 12.4. The lowest BCUT2D eigenvalue weighted by Crippen LogP contribution is -2.50. The number of benzene rings is 1. The van der Waals surface area contributed by atoms with Crippen LogP contribution >= 0.6 is 11.6 Å². The van der Waals surface area contributed by atoms with Crippen molar-refractivity contribution in [2.24, 2.45) is 5.92 Å². The van der Waals surface area contributed by atoms with Crippen molar-refractivity contribution in [1.29, 1.82) is 0 Å². The van der Waals surface area contributed by atoms with E-state index in [1.54, 1.807) is 0 Å². The minimum Gasteiger partial charge on any atom is -0.381 e. The Hall–Kier alpha value is -2.41. The Morgan fingerprint density at radius 3 is 2.41 bits per heavy atom. The van der Waals surface area contributed by atoms with Crippen molar-refractivity contribution in [2.75, 3.05) is 39.4 Å². The molecule has 0 unspecified atom stereocenters. The highest BCUT2D eigenvalue weighted by atomic mass is 35.5. The molecule has 3 aliphatic rings. The van der Waals surface area contributed by atoms with Gasteiger partial charge in [-0.2, -0.15) is 0 Å². The monoisotopic (exact) mass is 478 g/mol. The summed E-state index contributed by atoms with van der Waals surface area (Å²) in [6.45, 7) is 5.57. The lowest BCUT2D eigenvalue weighted by molar-refractivity contribution is -0.140. The Bertz CT molecular complexity index is 1170. The number of hydrogen-bond donors (Lipinski definition) is 0. The van der Waals surface area contributed by atoms with Gasteiger partial charge in [-0.25, -0.2) is 4.98 Å². The van der Waals surface area contributed by atoms with Crippen LogP contribution in [-0.4, -0.2) is 64.5 Å². The summed E-state index contributed by atoms with van der Waals surface area (Å²) in [7, 11) is 0. The van der Waals surface area contributed by atoms with E-state index in [4.69, 9.17) is 21.3 Å². The molecule has 1 aliphatic carbocycles. The van der Waals surface area contributed by atoms with Crippen molar-refractivity contribution in [3.05, 3.63) is 58.9 Å². The first kappa shape index (κ1) is 22.1. The third-order valence-corrected chi connectivity index (χ3v) is 7.79. The Morgan fingerprint density at radius 2 is 1.71 bits per heavy atom. The van der Waals surface area contributed by atoms with Gasteiger partial charge in [-0.15, -0.1) is 0 Å². The highest BCUT2D eigenvalue weighted by Crippen LogP contribution is 2.40. The fraction of sp³-hybridized carbons (Fsp3) is 0.481. The van der Waals surface area contributed by atoms with Gasteiger partial charge in [0.1, 0.15) is 5.65 Å². The Labute approximate surface area is 205 Å². The maximum Gasteiger partial charge on any atom is 0.225 e. The van der Waals surface area contributed by atoms with Gasteiger partial charge in [-0.05, 0) is 55.4 Å². The molecule has 6 rings (SSSR count). The Kier molecular flexibility index (Phi) is 6.06. The first-order valence-electron chi connectivity index (χ1n) is 12.5. The molecule has 0 atom stereocenters. The van der Waals surface area contributed by atoms with Crippen LogP contribution in [0.1, 0.15) is 42.9 Å². The molecule has 178 valence electrons. The summed E-state index contributed by atoms with van der Waals surface area (Å²) in [5, 5.41) is 0.732. The molecule has 2 aliphatic heterocycles. The van der Waals surface area contributed by atoms with Gasteiger partial charge in [-0.1, -0.05) is 29.8 Å². The quantitative estimate of drug-likeness (QED) is 0.537. The van der Waals surface area contributed by atoms with Crippen molar-refractivity contribution < 1.29 is 9.53 Å². The first-order chi connectivity index (χ1) is 16.7. The average molecular weight is 479 g/mol. The zero-order chi connectivity index (χ0) is 23.1. The normalized spacial score (nSPS) is 20.2. The molecule has 6 nitrogen and oxygen atoms in total. The zero-order valence-electron chi connectivity index (χ0n) is 19.5. The van der Waals surface area contributed by atoms with E-state index >= 15 is 0 Å². The number of pyridine rings is 1. The van der Waals surface area contributed by atoms with Crippen molar-refractivity contribution in [3.63, 3.8) is 0 Å². The maximum atomic E-state index is 13.0. The standard InChI is InChI=1S/C27H31ClN4O2/c28-23-6-3-20(4-7-23)26-24(32-17-22(19-1-2-19)5-8-25(32)29-26)18-30-11-13-31(14-12-30)27(33)21-9-15-34-16-10-21/h3-8,17,19,21H,1-2,9-16,18H2. The van der Waals surface area contributed by atoms with E-state index in [0.717, 1.165) is 67.5 Å². The summed E-state index contributed by atoms with van der Waals surface area (Å²) in [5.74, 6) is 1.14. The van der Waals surface area contributed by atoms with Crippen LogP contribution in [0.5, 0.6) is 0 Å². The van der Waals surface area contributed by atoms with E-state index in [1.165, 1.54) is 24.1 Å². The van der Waals surface area contributed by atoms with Crippen LogP contribution in [0.4, 0.5) is 0 Å². The smallest absolute Gasteiger partial charge is 0.225 e. The molecule has 1 amide bonds. The summed E-state index contributed by atoms with van der Waals surface area (Å²) in [4.78, 5) is 22.5. The van der Waals surface area contributed by atoms with Crippen molar-refractivity contribution >= 4 is 23.2 Å². The molecule has 7 heteroatoms. The molecule has 1 saturated carbocycles. The highest BCUT2D eigenvalue weighted by molar-refractivity contribution is 6.30. The van der Waals surface area contributed by atoms with E-state index in [9.17, 15) is 4.79 Å². The third kappa shape index (κ3) is 4.47. The zero-order valence-corrected chi connectivity index (χ0v) is 20.2. The number of nitrogens with zero attached hydrogens (tertiary/aromatic N) is 4. The average Bonchev–Trinajstić information content (AvgIpc) is 3.68. The molecule has 2 saturated heterocycles. The highest BCUT2D eigenvalue weighted by Gasteiger charge is 2.30. The molecular weight excluding hydrogens is 448 g/mol. The van der Waals surface area contributed by atoms with Crippen molar-refractivity contribution in [1.82, 2.24) is 19.2 Å². The summed E-state index contributed by atoms with van der Waals surface area (Å²) < 4.78 is 7.72. The number of imidazole rings is 1. The van der Waals surface area contributed by atoms with Crippen LogP contribution in [-0.2, 0) is 16.1 Å². The number of rotatable bonds is 5. The van der Waals surface area contributed by atoms with E-state index in [1.807, 2.05) is 12.1 Å². The van der Waals surface area contributed by atoms with Crippen LogP contribution in [0.25, 0.3) is 16.9 Å². The summed E-state index contributed by atoms with van der Waals surface area (Å²) in [6.07, 6.45) is 6.56. The van der Waals surface area contributed by atoms with Gasteiger partial charge in [0.05, 0.1) is 11.4 Å². The predicted molar refractivity (Wildman–Crippen MR) is 133 cm³/mol. The van der Waals surface area contributed by atoms with Crippen LogP contribution < -0.4 is 0 Å². The number of piperazine rings is 1. The molecule has 34 heavy (non-hydrogen) atoms. The molecule has 0 radical (unpaired) electrons. The Morgan fingerprint density at radius 1 is 0.971 bits per heavy atom. The minimum absolute atomic E-state index is 0.136. The lowest BCUT2D eigenvalue weighted by Gasteiger charge is -2.37. The summed E-state index contributed by atoms with van der Waals surface area (Å²) in [5.41, 5.74) is 5.71. The van der Waals surface area contributed by atoms with Crippen LogP contribution in [0.3, 0.4) is 0 Å². The number of fused-ring (bicyclic) bond motifs is 1. The van der Waals surface area contributed by atoms with Crippen LogP contribution in [0, 0.1) is 5.92 Å². The van der Waals surface area contributed by atoms with Crippen molar-refractivity contribution in [3.8, 4) is 11.3 Å². The third-order valence-electron chi connectivity index (χ3n) is 7.53. The largest absolute Gasteiger partial charge is 0.381 e. The second-order valence-electron chi connectivity index (χ2n) is 9.87. The van der Waals surface area contributed by atoms with Gasteiger partial charge in [0.15, 0.2) is 0 Å². The van der Waals surface area contributed by atoms with E-state index in [0.29, 0.717) is 25.0 Å². The topological polar surface area (TPSA) is 50.1 Å². The molecule has 1 aromatic carbocycles. The second-order valence-corrected chi connectivity index (χ2v) is 10.3. The number of aromatic nitrogens is 2. The number of hydrogen-bond acceptors (Lipinski definition) is 4. The number of halogens is 1. The fourth-order valence-electron chi connectivity index (χ4n) is 5.30. The van der Waals surface area contributed by atoms with Crippen molar-refractivity contribution in [2.45, 2.75) is 38.1 Å². The van der Waals surface area contributed by atoms with Crippen LogP contribution in [0.2, 0.25) is 5.02 Å². The van der Waals surface area contributed by atoms with Gasteiger partial charge in [0.25, 0.3) is 0 Å². The van der Waals surface area contributed by atoms with Gasteiger partial charge < -0.3 is 14.0 Å². The molecule has 0 spiro atoms. The summed E-state index contributed by atoms with van der Waals surface area (Å²) >= 11 is 6.16. The van der Waals surface area contributed by atoms with Crippen LogP contribution in [0.15, 0.2) is 42.6 Å². The predicted octanol–water partition coefficient (Wildman–Crippen LogP) is 4.60. The number of carbonyl (C=O) groups excluding carboxylic acids is 1. The van der Waals surface area contributed by atoms with E-state index in [-0.39, 0.29) is 5.92 Å². The molecule has 4 heterocycles. The lowest BCUT2D eigenvalue weighted by atomic mass is 9.98. The van der Waals surface area contributed by atoms with Gasteiger partial charge in [-0.3, -0.25) is 9.69 Å². The molecule has 3 aromatic rings. The van der Waals surface area contributed by atoms with E-state index < -0.39 is 0 Å². The Balaban J connectivity index is 1.24. The number of ether oxygens (including phenoxy) is 1. The fourth-order valence-corrected chi connectivity index (χ4v) is 5.42.